The quantitative estimate of drug-likeness (QED) is 0.609. The maximum Gasteiger partial charge on any atom is 0.305 e. The van der Waals surface area contributed by atoms with Crippen molar-refractivity contribution in [3.63, 3.8) is 0 Å². The maximum atomic E-state index is 12.2. The molecule has 106 valence electrons. The van der Waals surface area contributed by atoms with E-state index in [2.05, 4.69) is 4.18 Å². The summed E-state index contributed by atoms with van der Waals surface area (Å²) in [5.74, 6) is 0. The summed E-state index contributed by atoms with van der Waals surface area (Å²) in [6.07, 6.45) is 3.12. The minimum absolute atomic E-state index is 0.0933. The lowest BCUT2D eigenvalue weighted by Gasteiger charge is -2.07. The molecule has 0 amide bonds. The highest BCUT2D eigenvalue weighted by atomic mass is 32.3. The minimum Gasteiger partial charge on any atom is -0.389 e. The Labute approximate surface area is 117 Å². The maximum absolute atomic E-state index is 12.2. The molecule has 0 atom stereocenters. The standard InChI is InChI=1S/C11H14O5S3/c1-9-4-6-10(7-5-9)19(14,15)11(17-2)8-16-18(3,12)13/h4-8H,1-3H3/b11-8+. The van der Waals surface area contributed by atoms with Gasteiger partial charge in [-0.1, -0.05) is 17.7 Å². The Morgan fingerprint density at radius 1 is 1.16 bits per heavy atom. The largest absolute Gasteiger partial charge is 0.389 e. The van der Waals surface area contributed by atoms with Gasteiger partial charge in [0.05, 0.1) is 11.2 Å². The number of hydrogen-bond acceptors (Lipinski definition) is 6. The number of aryl methyl sites for hydroxylation is 1. The summed E-state index contributed by atoms with van der Waals surface area (Å²) < 4.78 is 50.5. The normalized spacial score (nSPS) is 13.3. The average Bonchev–Trinajstić information content (AvgIpc) is 2.28. The monoisotopic (exact) mass is 322 g/mol. The van der Waals surface area contributed by atoms with E-state index >= 15 is 0 Å². The highest BCUT2D eigenvalue weighted by Crippen LogP contribution is 2.27. The molecular formula is C11H14O5S3. The molecule has 0 aromatic heterocycles. The molecule has 1 rings (SSSR count). The minimum atomic E-state index is -3.76. The van der Waals surface area contributed by atoms with Crippen LogP contribution >= 0.6 is 11.8 Å². The van der Waals surface area contributed by atoms with Gasteiger partial charge >= 0.3 is 10.1 Å². The highest BCUT2D eigenvalue weighted by Gasteiger charge is 2.21. The molecule has 0 N–H and O–H groups in total. The number of rotatable bonds is 5. The van der Waals surface area contributed by atoms with Crippen LogP contribution < -0.4 is 0 Å². The van der Waals surface area contributed by atoms with Gasteiger partial charge in [-0.05, 0) is 25.3 Å². The zero-order valence-corrected chi connectivity index (χ0v) is 13.1. The van der Waals surface area contributed by atoms with E-state index in [9.17, 15) is 16.8 Å². The van der Waals surface area contributed by atoms with E-state index in [1.54, 1.807) is 12.1 Å². The van der Waals surface area contributed by atoms with Crippen molar-refractivity contribution in [2.75, 3.05) is 12.5 Å². The Bertz CT molecular complexity index is 670. The van der Waals surface area contributed by atoms with E-state index in [4.69, 9.17) is 0 Å². The van der Waals surface area contributed by atoms with Crippen LogP contribution in [0.2, 0.25) is 0 Å². The van der Waals surface area contributed by atoms with Crippen LogP contribution in [0.1, 0.15) is 5.56 Å². The van der Waals surface area contributed by atoms with Gasteiger partial charge in [0.25, 0.3) is 0 Å². The van der Waals surface area contributed by atoms with Gasteiger partial charge in [-0.25, -0.2) is 8.42 Å². The van der Waals surface area contributed by atoms with Crippen LogP contribution in [0.15, 0.2) is 39.7 Å². The first-order valence-electron chi connectivity index (χ1n) is 5.11. The third kappa shape index (κ3) is 4.55. The molecule has 1 aromatic carbocycles. The lowest BCUT2D eigenvalue weighted by molar-refractivity contribution is 0.449. The molecule has 19 heavy (non-hydrogen) atoms. The predicted octanol–water partition coefficient (Wildman–Crippen LogP) is 1.91. The van der Waals surface area contributed by atoms with Gasteiger partial charge in [0.15, 0.2) is 0 Å². The predicted molar refractivity (Wildman–Crippen MR) is 75.9 cm³/mol. The molecule has 0 bridgehead atoms. The Kier molecular flexibility index (Phi) is 5.05. The van der Waals surface area contributed by atoms with Crippen LogP contribution in [0.5, 0.6) is 0 Å². The molecule has 5 nitrogen and oxygen atoms in total. The van der Waals surface area contributed by atoms with Crippen molar-refractivity contribution in [2.24, 2.45) is 0 Å². The fraction of sp³-hybridized carbons (Fsp3) is 0.273. The Hall–Kier alpha value is -0.990. The molecular weight excluding hydrogens is 308 g/mol. The van der Waals surface area contributed by atoms with Crippen molar-refractivity contribution in [2.45, 2.75) is 11.8 Å². The van der Waals surface area contributed by atoms with Gasteiger partial charge in [0, 0.05) is 0 Å². The Morgan fingerprint density at radius 3 is 2.11 bits per heavy atom. The van der Waals surface area contributed by atoms with Gasteiger partial charge in [-0.3, -0.25) is 0 Å². The molecule has 8 heteroatoms. The zero-order chi connectivity index (χ0) is 14.7. The third-order valence-electron chi connectivity index (χ3n) is 2.12. The van der Waals surface area contributed by atoms with Crippen LogP contribution in [0.4, 0.5) is 0 Å². The molecule has 0 saturated heterocycles. The summed E-state index contributed by atoms with van der Waals surface area (Å²) in [6.45, 7) is 1.84. The fourth-order valence-electron chi connectivity index (χ4n) is 1.18. The number of thioether (sulfide) groups is 1. The van der Waals surface area contributed by atoms with Gasteiger partial charge in [0.2, 0.25) is 9.84 Å². The van der Waals surface area contributed by atoms with Crippen molar-refractivity contribution in [1.29, 1.82) is 0 Å². The summed E-state index contributed by atoms with van der Waals surface area (Å²) in [5, 5.41) is 0. The zero-order valence-electron chi connectivity index (χ0n) is 10.7. The Balaban J connectivity index is 3.20. The molecule has 1 aromatic rings. The van der Waals surface area contributed by atoms with Crippen molar-refractivity contribution in [3.8, 4) is 0 Å². The van der Waals surface area contributed by atoms with E-state index < -0.39 is 20.0 Å². The summed E-state index contributed by atoms with van der Waals surface area (Å²) in [4.78, 5) is 0.0933. The lowest BCUT2D eigenvalue weighted by atomic mass is 10.2. The summed E-state index contributed by atoms with van der Waals surface area (Å²) >= 11 is 0.900. The number of hydrogen-bond donors (Lipinski definition) is 0. The molecule has 0 spiro atoms. The summed E-state index contributed by atoms with van der Waals surface area (Å²) in [5.41, 5.74) is 0.931. The second-order valence-corrected chi connectivity index (χ2v) is 8.38. The van der Waals surface area contributed by atoms with Crippen LogP contribution in [-0.4, -0.2) is 29.3 Å². The molecule has 0 fully saturated rings. The van der Waals surface area contributed by atoms with Crippen molar-refractivity contribution in [3.05, 3.63) is 40.3 Å². The van der Waals surface area contributed by atoms with Gasteiger partial charge in [-0.2, -0.15) is 8.42 Å². The van der Waals surface area contributed by atoms with Crippen molar-refractivity contribution < 1.29 is 21.0 Å². The molecule has 0 radical (unpaired) electrons. The van der Waals surface area contributed by atoms with E-state index in [0.29, 0.717) is 0 Å². The fourth-order valence-corrected chi connectivity index (χ4v) is 3.79. The highest BCUT2D eigenvalue weighted by molar-refractivity contribution is 8.18. The molecule has 0 unspecified atom stereocenters. The second kappa shape index (κ2) is 5.98. The van der Waals surface area contributed by atoms with Gasteiger partial charge in [0.1, 0.15) is 10.5 Å². The SMILES string of the molecule is CS/C(=C\OS(C)(=O)=O)S(=O)(=O)c1ccc(C)cc1. The topological polar surface area (TPSA) is 77.5 Å². The Morgan fingerprint density at radius 2 is 1.68 bits per heavy atom. The van der Waals surface area contributed by atoms with Crippen LogP contribution in [-0.2, 0) is 24.1 Å². The first-order chi connectivity index (χ1) is 8.66. The first-order valence-corrected chi connectivity index (χ1v) is 9.63. The lowest BCUT2D eigenvalue weighted by Crippen LogP contribution is -2.05. The van der Waals surface area contributed by atoms with Crippen LogP contribution in [0.3, 0.4) is 0 Å². The summed E-state index contributed by atoms with van der Waals surface area (Å²) in [6, 6.07) is 6.27. The van der Waals surface area contributed by atoms with E-state index in [-0.39, 0.29) is 9.13 Å². The van der Waals surface area contributed by atoms with Crippen molar-refractivity contribution >= 4 is 31.7 Å². The first kappa shape index (κ1) is 16.1. The van der Waals surface area contributed by atoms with Gasteiger partial charge in [-0.15, -0.1) is 11.8 Å². The average molecular weight is 322 g/mol. The summed E-state index contributed by atoms with van der Waals surface area (Å²) in [7, 11) is -7.49. The van der Waals surface area contributed by atoms with E-state index in [0.717, 1.165) is 29.8 Å². The third-order valence-corrected chi connectivity index (χ3v) is 5.74. The molecule has 0 heterocycles. The number of sulfone groups is 1. The van der Waals surface area contributed by atoms with Gasteiger partial charge < -0.3 is 4.18 Å². The van der Waals surface area contributed by atoms with Crippen molar-refractivity contribution in [1.82, 2.24) is 0 Å². The smallest absolute Gasteiger partial charge is 0.305 e. The second-order valence-electron chi connectivity index (χ2n) is 3.76. The van der Waals surface area contributed by atoms with E-state index in [1.165, 1.54) is 18.4 Å². The molecule has 0 aliphatic carbocycles. The number of benzene rings is 1. The molecule has 0 aliphatic heterocycles. The molecule has 0 aliphatic rings. The van der Waals surface area contributed by atoms with E-state index in [1.807, 2.05) is 6.92 Å². The van der Waals surface area contributed by atoms with Crippen LogP contribution in [0, 0.1) is 6.92 Å². The molecule has 0 saturated carbocycles. The van der Waals surface area contributed by atoms with Crippen LogP contribution in [0.25, 0.3) is 0 Å².